The average Bonchev–Trinajstić information content (AvgIpc) is 3.03. The first-order valence-electron chi connectivity index (χ1n) is 8.91. The van der Waals surface area contributed by atoms with Crippen LogP contribution in [-0.4, -0.2) is 34.7 Å². The highest BCUT2D eigenvalue weighted by atomic mass is 32.2. The van der Waals surface area contributed by atoms with Crippen LogP contribution in [0, 0.1) is 12.8 Å². The molecular weight excluding hydrogens is 443 g/mol. The van der Waals surface area contributed by atoms with Crippen molar-refractivity contribution < 1.29 is 34.7 Å². The predicted molar refractivity (Wildman–Crippen MR) is 102 cm³/mol. The van der Waals surface area contributed by atoms with E-state index in [1.165, 1.54) is 13.0 Å². The van der Waals surface area contributed by atoms with Gasteiger partial charge in [0.2, 0.25) is 14.8 Å². The van der Waals surface area contributed by atoms with Gasteiger partial charge in [0, 0.05) is 18.9 Å². The van der Waals surface area contributed by atoms with Crippen molar-refractivity contribution in [1.29, 1.82) is 0 Å². The molecule has 2 heterocycles. The van der Waals surface area contributed by atoms with Crippen molar-refractivity contribution in [3.63, 3.8) is 0 Å². The molecule has 0 bridgehead atoms. The second-order valence-electron chi connectivity index (χ2n) is 7.51. The zero-order valence-electron chi connectivity index (χ0n) is 16.4. The van der Waals surface area contributed by atoms with Gasteiger partial charge in [0.1, 0.15) is 0 Å². The Kier molecular flexibility index (Phi) is 5.53. The third-order valence-electron chi connectivity index (χ3n) is 4.97. The topological polar surface area (TPSA) is 90.4 Å². The maximum atomic E-state index is 13.6. The molecule has 11 heteroatoms. The number of ether oxygens (including phenoxy) is 1. The van der Waals surface area contributed by atoms with Crippen LogP contribution < -0.4 is 0 Å². The van der Waals surface area contributed by atoms with E-state index in [-0.39, 0.29) is 35.1 Å². The number of halogens is 3. The van der Waals surface area contributed by atoms with E-state index < -0.39 is 41.2 Å². The molecule has 3 rings (SSSR count). The number of aromatic nitrogens is 1. The van der Waals surface area contributed by atoms with Crippen molar-refractivity contribution in [2.45, 2.75) is 41.2 Å². The minimum atomic E-state index is -4.71. The number of hydrogen-bond donors (Lipinski definition) is 0. The lowest BCUT2D eigenvalue weighted by molar-refractivity contribution is -0.137. The average molecular weight is 463 g/mol. The standard InChI is InChI=1S/C19H20F3NO5S2/c1-12-9-18(28-11-12,17-13(2)7-16(10-23-17)29(3,24)25)30(26,27)15-6-4-5-14(8-15)19(20,21)22/h4-8,10,12H,9,11H2,1-3H3. The zero-order chi connectivity index (χ0) is 22.5. The highest BCUT2D eigenvalue weighted by Crippen LogP contribution is 2.47. The number of nitrogens with zero attached hydrogens (tertiary/aromatic N) is 1. The molecule has 1 aromatic carbocycles. The van der Waals surface area contributed by atoms with Crippen LogP contribution in [0.15, 0.2) is 46.3 Å². The second-order valence-corrected chi connectivity index (χ2v) is 11.7. The molecule has 0 N–H and O–H groups in total. The van der Waals surface area contributed by atoms with Crippen LogP contribution >= 0.6 is 0 Å². The fourth-order valence-electron chi connectivity index (χ4n) is 3.51. The third kappa shape index (κ3) is 3.85. The van der Waals surface area contributed by atoms with Gasteiger partial charge in [-0.25, -0.2) is 16.8 Å². The number of aryl methyl sites for hydroxylation is 1. The summed E-state index contributed by atoms with van der Waals surface area (Å²) in [6.45, 7) is 3.31. The Morgan fingerprint density at radius 3 is 2.30 bits per heavy atom. The largest absolute Gasteiger partial charge is 0.416 e. The normalized spacial score (nSPS) is 22.9. The molecular formula is C19H20F3NO5S2. The molecule has 1 aliphatic heterocycles. The van der Waals surface area contributed by atoms with Crippen LogP contribution in [0.1, 0.15) is 30.2 Å². The summed E-state index contributed by atoms with van der Waals surface area (Å²) in [7, 11) is -8.06. The monoisotopic (exact) mass is 463 g/mol. The molecule has 2 atom stereocenters. The van der Waals surface area contributed by atoms with Gasteiger partial charge >= 0.3 is 6.18 Å². The van der Waals surface area contributed by atoms with E-state index in [0.717, 1.165) is 30.7 Å². The molecule has 0 radical (unpaired) electrons. The van der Waals surface area contributed by atoms with Crippen molar-refractivity contribution >= 4 is 19.7 Å². The first-order chi connectivity index (χ1) is 13.7. The molecule has 0 spiro atoms. The van der Waals surface area contributed by atoms with Crippen molar-refractivity contribution in [3.05, 3.63) is 53.3 Å². The lowest BCUT2D eigenvalue weighted by Crippen LogP contribution is -2.37. The summed E-state index contributed by atoms with van der Waals surface area (Å²) in [5.41, 5.74) is -0.874. The van der Waals surface area contributed by atoms with Gasteiger partial charge in [0.15, 0.2) is 9.84 Å². The fraction of sp³-hybridized carbons (Fsp3) is 0.421. The van der Waals surface area contributed by atoms with Crippen molar-refractivity contribution in [1.82, 2.24) is 4.98 Å². The number of alkyl halides is 3. The van der Waals surface area contributed by atoms with Gasteiger partial charge in [-0.1, -0.05) is 13.0 Å². The molecule has 1 aliphatic rings. The lowest BCUT2D eigenvalue weighted by atomic mass is 10.0. The molecule has 0 aliphatic carbocycles. The van der Waals surface area contributed by atoms with Crippen LogP contribution in [0.5, 0.6) is 0 Å². The molecule has 6 nitrogen and oxygen atoms in total. The van der Waals surface area contributed by atoms with Crippen LogP contribution in [0.2, 0.25) is 0 Å². The molecule has 1 aromatic heterocycles. The van der Waals surface area contributed by atoms with Crippen molar-refractivity contribution in [2.75, 3.05) is 12.9 Å². The number of benzene rings is 1. The summed E-state index contributed by atoms with van der Waals surface area (Å²) >= 11 is 0. The van der Waals surface area contributed by atoms with E-state index in [2.05, 4.69) is 4.98 Å². The summed E-state index contributed by atoms with van der Waals surface area (Å²) in [5, 5.41) is 0. The smallest absolute Gasteiger partial charge is 0.353 e. The van der Waals surface area contributed by atoms with Crippen LogP contribution in [-0.2, 0) is 35.5 Å². The second kappa shape index (κ2) is 7.31. The highest BCUT2D eigenvalue weighted by Gasteiger charge is 2.54. The fourth-order valence-corrected chi connectivity index (χ4v) is 6.26. The molecule has 164 valence electrons. The van der Waals surface area contributed by atoms with E-state index in [0.29, 0.717) is 6.07 Å². The SMILES string of the molecule is Cc1cc(S(C)(=O)=O)cnc1C1(S(=O)(=O)c2cccc(C(F)(F)F)c2)CC(C)CO1. The van der Waals surface area contributed by atoms with E-state index >= 15 is 0 Å². The van der Waals surface area contributed by atoms with Gasteiger partial charge < -0.3 is 4.74 Å². The molecule has 30 heavy (non-hydrogen) atoms. The third-order valence-corrected chi connectivity index (χ3v) is 8.27. The highest BCUT2D eigenvalue weighted by molar-refractivity contribution is 7.92. The zero-order valence-corrected chi connectivity index (χ0v) is 18.0. The summed E-state index contributed by atoms with van der Waals surface area (Å²) in [5.74, 6) is -0.207. The maximum absolute atomic E-state index is 13.6. The summed E-state index contributed by atoms with van der Waals surface area (Å²) in [4.78, 5) is 1.44. The Hall–Kier alpha value is -1.98. The molecule has 0 amide bonds. The van der Waals surface area contributed by atoms with E-state index in [4.69, 9.17) is 4.74 Å². The predicted octanol–water partition coefficient (Wildman–Crippen LogP) is 3.50. The quantitative estimate of drug-likeness (QED) is 0.690. The first kappa shape index (κ1) is 22.7. The van der Waals surface area contributed by atoms with Gasteiger partial charge in [0.05, 0.1) is 27.7 Å². The van der Waals surface area contributed by atoms with Gasteiger partial charge in [-0.2, -0.15) is 13.2 Å². The molecule has 0 saturated carbocycles. The Morgan fingerprint density at radius 1 is 1.13 bits per heavy atom. The van der Waals surface area contributed by atoms with Crippen LogP contribution in [0.25, 0.3) is 0 Å². The van der Waals surface area contributed by atoms with E-state index in [1.54, 1.807) is 6.92 Å². The summed E-state index contributed by atoms with van der Waals surface area (Å²) in [6, 6.07) is 4.75. The molecule has 1 fully saturated rings. The van der Waals surface area contributed by atoms with Gasteiger partial charge in [-0.3, -0.25) is 4.98 Å². The maximum Gasteiger partial charge on any atom is 0.416 e. The van der Waals surface area contributed by atoms with Crippen molar-refractivity contribution in [2.24, 2.45) is 5.92 Å². The number of pyridine rings is 1. The van der Waals surface area contributed by atoms with Crippen LogP contribution in [0.3, 0.4) is 0 Å². The van der Waals surface area contributed by atoms with E-state index in [9.17, 15) is 30.0 Å². The van der Waals surface area contributed by atoms with Crippen molar-refractivity contribution in [3.8, 4) is 0 Å². The Morgan fingerprint density at radius 2 is 1.80 bits per heavy atom. The van der Waals surface area contributed by atoms with Gasteiger partial charge in [-0.15, -0.1) is 0 Å². The van der Waals surface area contributed by atoms with Crippen LogP contribution in [0.4, 0.5) is 13.2 Å². The Bertz CT molecular complexity index is 1190. The van der Waals surface area contributed by atoms with Gasteiger partial charge in [-0.05, 0) is 42.7 Å². The molecule has 2 unspecified atom stereocenters. The lowest BCUT2D eigenvalue weighted by Gasteiger charge is -2.29. The Labute approximate surface area is 172 Å². The minimum absolute atomic E-state index is 0.0301. The Balaban J connectivity index is 2.23. The first-order valence-corrected chi connectivity index (χ1v) is 12.3. The summed E-state index contributed by atoms with van der Waals surface area (Å²) < 4.78 is 95.9. The molecule has 2 aromatic rings. The number of rotatable bonds is 4. The number of hydrogen-bond acceptors (Lipinski definition) is 6. The van der Waals surface area contributed by atoms with Gasteiger partial charge in [0.25, 0.3) is 0 Å². The molecule has 1 saturated heterocycles. The van der Waals surface area contributed by atoms with E-state index in [1.807, 2.05) is 0 Å². The summed E-state index contributed by atoms with van der Waals surface area (Å²) in [6.07, 6.45) is -2.72. The number of sulfone groups is 2. The minimum Gasteiger partial charge on any atom is -0.353 e.